The van der Waals surface area contributed by atoms with Crippen molar-refractivity contribution in [1.29, 1.82) is 0 Å². The Morgan fingerprint density at radius 1 is 1.27 bits per heavy atom. The summed E-state index contributed by atoms with van der Waals surface area (Å²) in [5.41, 5.74) is 1.22. The molecule has 1 aromatic rings. The van der Waals surface area contributed by atoms with E-state index in [2.05, 4.69) is 9.71 Å². The molecule has 1 aromatic carbocycles. The highest BCUT2D eigenvalue weighted by atomic mass is 35.5. The number of carbonyl (C=O) groups is 1. The van der Waals surface area contributed by atoms with Crippen molar-refractivity contribution < 1.29 is 17.9 Å². The zero-order valence-corrected chi connectivity index (χ0v) is 18.9. The Balaban J connectivity index is 1.61. The summed E-state index contributed by atoms with van der Waals surface area (Å²) < 4.78 is 34.7. The van der Waals surface area contributed by atoms with Crippen molar-refractivity contribution in [2.75, 3.05) is 32.8 Å². The third-order valence-electron chi connectivity index (χ3n) is 5.38. The molecule has 9 heteroatoms. The van der Waals surface area contributed by atoms with Crippen molar-refractivity contribution in [1.82, 2.24) is 10.2 Å². The number of amides is 1. The van der Waals surface area contributed by atoms with E-state index in [4.69, 9.17) is 16.3 Å². The molecule has 2 aliphatic heterocycles. The second-order valence-corrected chi connectivity index (χ2v) is 9.43. The fraction of sp³-hybridized carbons (Fsp3) is 0.524. The molecule has 1 saturated heterocycles. The first-order valence-corrected chi connectivity index (χ1v) is 12.1. The van der Waals surface area contributed by atoms with Gasteiger partial charge in [0.25, 0.3) is 10.0 Å². The fourth-order valence-corrected chi connectivity index (χ4v) is 5.42. The number of hydrogen-bond donors (Lipinski definition) is 1. The Morgan fingerprint density at radius 2 is 1.93 bits per heavy atom. The van der Waals surface area contributed by atoms with Crippen LogP contribution >= 0.6 is 11.6 Å². The lowest BCUT2D eigenvalue weighted by molar-refractivity contribution is -0.126. The van der Waals surface area contributed by atoms with Crippen LogP contribution in [0.25, 0.3) is 4.91 Å². The van der Waals surface area contributed by atoms with Crippen LogP contribution in [0.1, 0.15) is 38.7 Å². The van der Waals surface area contributed by atoms with Crippen LogP contribution in [0.4, 0.5) is 0 Å². The SMILES string of the molecule is CCOCCCNC(=O)C1CCN(C2=NS(=O)(=O)C(c3ccc(Cl)cc3)=C2C)CC1. The van der Waals surface area contributed by atoms with Crippen LogP contribution in [0.3, 0.4) is 0 Å². The third-order valence-corrected chi connectivity index (χ3v) is 7.10. The number of carbonyl (C=O) groups excluding carboxylic acids is 1. The molecule has 30 heavy (non-hydrogen) atoms. The van der Waals surface area contributed by atoms with Crippen molar-refractivity contribution in [2.24, 2.45) is 10.3 Å². The molecule has 0 saturated carbocycles. The Labute approximate surface area is 183 Å². The average molecular weight is 454 g/mol. The van der Waals surface area contributed by atoms with E-state index in [-0.39, 0.29) is 16.7 Å². The Morgan fingerprint density at radius 3 is 2.57 bits per heavy atom. The molecular weight excluding hydrogens is 426 g/mol. The van der Waals surface area contributed by atoms with Crippen molar-refractivity contribution in [3.05, 3.63) is 40.4 Å². The van der Waals surface area contributed by atoms with Crippen LogP contribution in [0.2, 0.25) is 5.02 Å². The van der Waals surface area contributed by atoms with Gasteiger partial charge in [-0.15, -0.1) is 4.40 Å². The quantitative estimate of drug-likeness (QED) is 0.641. The summed E-state index contributed by atoms with van der Waals surface area (Å²) in [6, 6.07) is 6.73. The number of halogens is 1. The van der Waals surface area contributed by atoms with Gasteiger partial charge in [-0.2, -0.15) is 8.42 Å². The summed E-state index contributed by atoms with van der Waals surface area (Å²) >= 11 is 5.93. The van der Waals surface area contributed by atoms with E-state index in [1.807, 2.05) is 11.8 Å². The lowest BCUT2D eigenvalue weighted by Crippen LogP contribution is -2.43. The average Bonchev–Trinajstić information content (AvgIpc) is 2.97. The Kier molecular flexibility index (Phi) is 7.55. The number of amidine groups is 1. The standard InChI is InChI=1S/C21H28ClN3O4S/c1-3-29-14-4-11-23-21(26)17-9-12-25(13-10-17)20-15(2)19(30(27,28)24-20)16-5-7-18(22)8-6-16/h5-8,17H,3-4,9-14H2,1-2H3,(H,23,26). The topological polar surface area (TPSA) is 88.1 Å². The number of benzene rings is 1. The molecule has 0 aromatic heterocycles. The molecule has 0 spiro atoms. The Hall–Kier alpha value is -1.90. The maximum atomic E-state index is 12.7. The molecule has 0 radical (unpaired) electrons. The van der Waals surface area contributed by atoms with Gasteiger partial charge in [-0.25, -0.2) is 0 Å². The molecule has 0 bridgehead atoms. The highest BCUT2D eigenvalue weighted by Crippen LogP contribution is 2.35. The van der Waals surface area contributed by atoms with Crippen LogP contribution in [-0.2, 0) is 19.6 Å². The number of hydrogen-bond acceptors (Lipinski definition) is 5. The van der Waals surface area contributed by atoms with Crippen LogP contribution in [0.5, 0.6) is 0 Å². The van der Waals surface area contributed by atoms with E-state index in [0.29, 0.717) is 67.7 Å². The van der Waals surface area contributed by atoms with Crippen molar-refractivity contribution in [3.8, 4) is 0 Å². The summed E-state index contributed by atoms with van der Waals surface area (Å²) in [5.74, 6) is 0.476. The minimum Gasteiger partial charge on any atom is -0.382 e. The van der Waals surface area contributed by atoms with E-state index in [9.17, 15) is 13.2 Å². The number of piperidine rings is 1. The number of nitrogens with one attached hydrogen (secondary N) is 1. The smallest absolute Gasteiger partial charge is 0.285 e. The van der Waals surface area contributed by atoms with Gasteiger partial charge in [-0.1, -0.05) is 23.7 Å². The predicted octanol–water partition coefficient (Wildman–Crippen LogP) is 3.07. The molecule has 0 unspecified atom stereocenters. The van der Waals surface area contributed by atoms with Gasteiger partial charge < -0.3 is 15.0 Å². The Bertz CT molecular complexity index is 934. The van der Waals surface area contributed by atoms with E-state index < -0.39 is 10.0 Å². The molecule has 0 aliphatic carbocycles. The van der Waals surface area contributed by atoms with Crippen LogP contribution in [-0.4, -0.2) is 57.9 Å². The largest absolute Gasteiger partial charge is 0.382 e. The third kappa shape index (κ3) is 5.22. The minimum atomic E-state index is -3.76. The zero-order chi connectivity index (χ0) is 21.7. The maximum absolute atomic E-state index is 12.7. The summed E-state index contributed by atoms with van der Waals surface area (Å²) in [7, 11) is -3.76. The van der Waals surface area contributed by atoms with Gasteiger partial charge in [0.05, 0.1) is 0 Å². The normalized spacial score (nSPS) is 19.2. The second-order valence-electron chi connectivity index (χ2n) is 7.45. The maximum Gasteiger partial charge on any atom is 0.285 e. The number of nitrogens with zero attached hydrogens (tertiary/aromatic N) is 2. The van der Waals surface area contributed by atoms with Gasteiger partial charge in [0.1, 0.15) is 10.7 Å². The van der Waals surface area contributed by atoms with Crippen LogP contribution < -0.4 is 5.32 Å². The van der Waals surface area contributed by atoms with Crippen molar-refractivity contribution >= 4 is 38.3 Å². The van der Waals surface area contributed by atoms with Gasteiger partial charge in [0.15, 0.2) is 0 Å². The first kappa shape index (κ1) is 22.8. The first-order valence-electron chi connectivity index (χ1n) is 10.3. The van der Waals surface area contributed by atoms with Gasteiger partial charge >= 0.3 is 0 Å². The van der Waals surface area contributed by atoms with Crippen LogP contribution in [0, 0.1) is 5.92 Å². The molecule has 1 fully saturated rings. The van der Waals surface area contributed by atoms with Gasteiger partial charge in [0.2, 0.25) is 5.91 Å². The molecule has 3 rings (SSSR count). The molecule has 2 heterocycles. The molecule has 2 aliphatic rings. The van der Waals surface area contributed by atoms with E-state index in [1.165, 1.54) is 0 Å². The van der Waals surface area contributed by atoms with E-state index in [1.54, 1.807) is 31.2 Å². The lowest BCUT2D eigenvalue weighted by atomic mass is 9.95. The summed E-state index contributed by atoms with van der Waals surface area (Å²) in [6.07, 6.45) is 2.13. The lowest BCUT2D eigenvalue weighted by Gasteiger charge is -2.32. The molecule has 164 valence electrons. The van der Waals surface area contributed by atoms with Crippen molar-refractivity contribution in [3.63, 3.8) is 0 Å². The number of rotatable bonds is 7. The minimum absolute atomic E-state index is 0.0567. The molecule has 0 atom stereocenters. The monoisotopic (exact) mass is 453 g/mol. The summed E-state index contributed by atoms with van der Waals surface area (Å²) in [5, 5.41) is 3.51. The molecule has 1 amide bonds. The highest BCUT2D eigenvalue weighted by Gasteiger charge is 2.35. The van der Waals surface area contributed by atoms with E-state index in [0.717, 1.165) is 6.42 Å². The number of ether oxygens (including phenoxy) is 1. The fourth-order valence-electron chi connectivity index (χ4n) is 3.81. The van der Waals surface area contributed by atoms with E-state index >= 15 is 0 Å². The van der Waals surface area contributed by atoms with Crippen molar-refractivity contribution in [2.45, 2.75) is 33.1 Å². The number of likely N-dealkylation sites (tertiary alicyclic amines) is 1. The number of sulfonamides is 1. The van der Waals surface area contributed by atoms with Gasteiger partial charge in [-0.3, -0.25) is 4.79 Å². The highest BCUT2D eigenvalue weighted by molar-refractivity contribution is 8.00. The van der Waals surface area contributed by atoms with Crippen LogP contribution in [0.15, 0.2) is 34.2 Å². The first-order chi connectivity index (χ1) is 14.3. The zero-order valence-electron chi connectivity index (χ0n) is 17.4. The summed E-state index contributed by atoms with van der Waals surface area (Å²) in [6.45, 7) is 6.85. The predicted molar refractivity (Wildman–Crippen MR) is 119 cm³/mol. The summed E-state index contributed by atoms with van der Waals surface area (Å²) in [4.78, 5) is 14.6. The molecule has 7 nitrogen and oxygen atoms in total. The van der Waals surface area contributed by atoms with Gasteiger partial charge in [0, 0.05) is 49.4 Å². The second kappa shape index (κ2) is 9.94. The molecular formula is C21H28ClN3O4S. The molecule has 1 N–H and O–H groups in total. The van der Waals surface area contributed by atoms with Gasteiger partial charge in [-0.05, 0) is 50.8 Å².